The Labute approximate surface area is 159 Å². The van der Waals surface area contributed by atoms with Crippen molar-refractivity contribution in [1.82, 2.24) is 9.62 Å². The Morgan fingerprint density at radius 2 is 1.63 bits per heavy atom. The van der Waals surface area contributed by atoms with Crippen molar-refractivity contribution in [3.8, 4) is 0 Å². The number of sulfonamides is 1. The summed E-state index contributed by atoms with van der Waals surface area (Å²) in [4.78, 5) is 14.2. The van der Waals surface area contributed by atoms with Crippen molar-refractivity contribution in [3.05, 3.63) is 66.0 Å². The van der Waals surface area contributed by atoms with Crippen molar-refractivity contribution in [3.63, 3.8) is 0 Å². The summed E-state index contributed by atoms with van der Waals surface area (Å²) in [5.74, 6) is -1.10. The van der Waals surface area contributed by atoms with Gasteiger partial charge in [0.25, 0.3) is 0 Å². The number of nitrogens with one attached hydrogen (secondary N) is 1. The number of amides is 1. The summed E-state index contributed by atoms with van der Waals surface area (Å²) in [7, 11) is -4.17. The Bertz CT molecular complexity index is 881. The largest absolute Gasteiger partial charge is 0.341 e. The van der Waals surface area contributed by atoms with Crippen LogP contribution in [-0.2, 0) is 21.2 Å². The summed E-state index contributed by atoms with van der Waals surface area (Å²) in [6.07, 6.45) is 3.09. The number of piperidine rings is 1. The molecule has 0 radical (unpaired) electrons. The van der Waals surface area contributed by atoms with Crippen LogP contribution in [0.4, 0.5) is 4.39 Å². The highest BCUT2D eigenvalue weighted by Crippen LogP contribution is 2.17. The summed E-state index contributed by atoms with van der Waals surface area (Å²) in [6, 6.07) is 13.4. The van der Waals surface area contributed by atoms with Crippen molar-refractivity contribution >= 4 is 15.9 Å². The highest BCUT2D eigenvalue weighted by Gasteiger charge is 2.31. The number of hydrogen-bond acceptors (Lipinski definition) is 3. The molecule has 2 aromatic carbocycles. The summed E-state index contributed by atoms with van der Waals surface area (Å²) in [6.45, 7) is 1.23. The topological polar surface area (TPSA) is 66.5 Å². The Morgan fingerprint density at radius 1 is 1.00 bits per heavy atom. The molecule has 0 saturated carbocycles. The van der Waals surface area contributed by atoms with Gasteiger partial charge >= 0.3 is 0 Å². The van der Waals surface area contributed by atoms with Crippen molar-refractivity contribution in [2.45, 2.75) is 36.6 Å². The first-order valence-corrected chi connectivity index (χ1v) is 10.6. The van der Waals surface area contributed by atoms with Gasteiger partial charge in [-0.1, -0.05) is 42.5 Å². The first kappa shape index (κ1) is 19.5. The van der Waals surface area contributed by atoms with E-state index in [2.05, 4.69) is 4.72 Å². The van der Waals surface area contributed by atoms with Crippen LogP contribution in [0.15, 0.2) is 59.5 Å². The molecule has 1 aliphatic rings. The first-order chi connectivity index (χ1) is 13.0. The number of likely N-dealkylation sites (tertiary alicyclic amines) is 1. The van der Waals surface area contributed by atoms with E-state index in [-0.39, 0.29) is 12.3 Å². The Morgan fingerprint density at radius 3 is 2.30 bits per heavy atom. The maximum absolute atomic E-state index is 14.0. The Hall–Kier alpha value is -2.25. The van der Waals surface area contributed by atoms with E-state index in [1.54, 1.807) is 4.90 Å². The molecule has 2 aromatic rings. The molecular formula is C20H23FN2O3S. The summed E-state index contributed by atoms with van der Waals surface area (Å²) < 4.78 is 41.9. The number of benzene rings is 2. The van der Waals surface area contributed by atoms with Gasteiger partial charge in [0, 0.05) is 13.1 Å². The predicted octanol–water partition coefficient (Wildman–Crippen LogP) is 2.73. The van der Waals surface area contributed by atoms with Gasteiger partial charge in [0.2, 0.25) is 15.9 Å². The van der Waals surface area contributed by atoms with Gasteiger partial charge in [-0.15, -0.1) is 0 Å². The van der Waals surface area contributed by atoms with Gasteiger partial charge in [0.1, 0.15) is 16.8 Å². The van der Waals surface area contributed by atoms with Gasteiger partial charge < -0.3 is 4.90 Å². The van der Waals surface area contributed by atoms with Gasteiger partial charge in [-0.05, 0) is 43.4 Å². The number of carbonyl (C=O) groups excluding carboxylic acids is 1. The molecule has 5 nitrogen and oxygen atoms in total. The number of hydrogen-bond donors (Lipinski definition) is 1. The van der Waals surface area contributed by atoms with Gasteiger partial charge in [-0.25, -0.2) is 12.8 Å². The van der Waals surface area contributed by atoms with Crippen molar-refractivity contribution in [2.24, 2.45) is 0 Å². The fourth-order valence-corrected chi connectivity index (χ4v) is 4.55. The summed E-state index contributed by atoms with van der Waals surface area (Å²) >= 11 is 0. The lowest BCUT2D eigenvalue weighted by Gasteiger charge is -2.30. The molecule has 1 N–H and O–H groups in total. The van der Waals surface area contributed by atoms with Crippen LogP contribution in [0.1, 0.15) is 24.8 Å². The molecule has 7 heteroatoms. The average Bonchev–Trinajstić information content (AvgIpc) is 2.68. The van der Waals surface area contributed by atoms with E-state index in [0.29, 0.717) is 13.1 Å². The van der Waals surface area contributed by atoms with E-state index >= 15 is 0 Å². The van der Waals surface area contributed by atoms with E-state index in [1.807, 2.05) is 30.3 Å². The maximum atomic E-state index is 14.0. The standard InChI is InChI=1S/C20H23FN2O3S/c21-17-11-5-6-12-19(17)27(25,26)22-18(15-16-9-3-1-4-10-16)20(24)23-13-7-2-8-14-23/h1,3-6,9-12,18,22H,2,7-8,13-15H2/t18-/m1/s1. The Balaban J connectivity index is 1.86. The van der Waals surface area contributed by atoms with Crippen molar-refractivity contribution in [2.75, 3.05) is 13.1 Å². The minimum Gasteiger partial charge on any atom is -0.341 e. The van der Waals surface area contributed by atoms with Gasteiger partial charge in [0.15, 0.2) is 0 Å². The lowest BCUT2D eigenvalue weighted by molar-refractivity contribution is -0.133. The lowest BCUT2D eigenvalue weighted by Crippen LogP contribution is -2.51. The second-order valence-corrected chi connectivity index (χ2v) is 8.36. The van der Waals surface area contributed by atoms with Crippen LogP contribution in [0.25, 0.3) is 0 Å². The van der Waals surface area contributed by atoms with Crippen LogP contribution in [0.3, 0.4) is 0 Å². The minimum absolute atomic E-state index is 0.212. The van der Waals surface area contributed by atoms with E-state index in [4.69, 9.17) is 0 Å². The zero-order valence-electron chi connectivity index (χ0n) is 15.0. The van der Waals surface area contributed by atoms with Crippen LogP contribution < -0.4 is 4.72 Å². The van der Waals surface area contributed by atoms with E-state index < -0.39 is 26.8 Å². The van der Waals surface area contributed by atoms with Crippen LogP contribution in [0.5, 0.6) is 0 Å². The molecule has 1 aliphatic heterocycles. The fraction of sp³-hybridized carbons (Fsp3) is 0.350. The summed E-state index contributed by atoms with van der Waals surface area (Å²) in [5, 5.41) is 0. The number of rotatable bonds is 6. The molecule has 144 valence electrons. The van der Waals surface area contributed by atoms with Crippen molar-refractivity contribution in [1.29, 1.82) is 0 Å². The molecule has 0 bridgehead atoms. The second-order valence-electron chi connectivity index (χ2n) is 6.68. The fourth-order valence-electron chi connectivity index (χ4n) is 3.28. The molecule has 0 spiro atoms. The number of carbonyl (C=O) groups is 1. The highest BCUT2D eigenvalue weighted by atomic mass is 32.2. The molecule has 0 unspecified atom stereocenters. The van der Waals surface area contributed by atoms with E-state index in [0.717, 1.165) is 30.9 Å². The molecule has 1 fully saturated rings. The second kappa shape index (κ2) is 8.63. The van der Waals surface area contributed by atoms with Crippen LogP contribution in [0, 0.1) is 5.82 Å². The number of halogens is 1. The Kier molecular flexibility index (Phi) is 6.23. The highest BCUT2D eigenvalue weighted by molar-refractivity contribution is 7.89. The number of nitrogens with zero attached hydrogens (tertiary/aromatic N) is 1. The molecule has 1 amide bonds. The lowest BCUT2D eigenvalue weighted by atomic mass is 10.0. The third-order valence-corrected chi connectivity index (χ3v) is 6.18. The molecule has 27 heavy (non-hydrogen) atoms. The molecule has 1 heterocycles. The quantitative estimate of drug-likeness (QED) is 0.825. The minimum atomic E-state index is -4.17. The van der Waals surface area contributed by atoms with Crippen LogP contribution >= 0.6 is 0 Å². The normalized spacial score (nSPS) is 16.1. The SMILES string of the molecule is O=C([C@@H](Cc1ccccc1)NS(=O)(=O)c1ccccc1F)N1CCCCC1. The van der Waals surface area contributed by atoms with Crippen molar-refractivity contribution < 1.29 is 17.6 Å². The average molecular weight is 390 g/mol. The van der Waals surface area contributed by atoms with E-state index in [1.165, 1.54) is 18.2 Å². The first-order valence-electron chi connectivity index (χ1n) is 9.07. The van der Waals surface area contributed by atoms with Crippen LogP contribution in [-0.4, -0.2) is 38.4 Å². The third kappa shape index (κ3) is 4.93. The van der Waals surface area contributed by atoms with Gasteiger partial charge in [-0.2, -0.15) is 4.72 Å². The third-order valence-electron chi connectivity index (χ3n) is 4.67. The molecule has 0 aliphatic carbocycles. The van der Waals surface area contributed by atoms with E-state index in [9.17, 15) is 17.6 Å². The maximum Gasteiger partial charge on any atom is 0.244 e. The molecule has 0 aromatic heterocycles. The molecule has 1 saturated heterocycles. The molecule has 1 atom stereocenters. The zero-order chi connectivity index (χ0) is 19.3. The molecule has 3 rings (SSSR count). The van der Waals surface area contributed by atoms with Crippen LogP contribution in [0.2, 0.25) is 0 Å². The predicted molar refractivity (Wildman–Crippen MR) is 101 cm³/mol. The van der Waals surface area contributed by atoms with Gasteiger partial charge in [-0.3, -0.25) is 4.79 Å². The molecular weight excluding hydrogens is 367 g/mol. The zero-order valence-corrected chi connectivity index (χ0v) is 15.8. The smallest absolute Gasteiger partial charge is 0.244 e. The van der Waals surface area contributed by atoms with Gasteiger partial charge in [0.05, 0.1) is 0 Å². The monoisotopic (exact) mass is 390 g/mol. The summed E-state index contributed by atoms with van der Waals surface area (Å²) in [5.41, 5.74) is 0.837.